The summed E-state index contributed by atoms with van der Waals surface area (Å²) in [4.78, 5) is 21.7. The summed E-state index contributed by atoms with van der Waals surface area (Å²) < 4.78 is 5.03. The number of ether oxygens (including phenoxy) is 1. The Kier molecular flexibility index (Phi) is 4.44. The first-order valence-corrected chi connectivity index (χ1v) is 5.61. The zero-order chi connectivity index (χ0) is 14.6. The Morgan fingerprint density at radius 2 is 2.11 bits per heavy atom. The van der Waals surface area contributed by atoms with Gasteiger partial charge in [0.1, 0.15) is 5.60 Å². The summed E-state index contributed by atoms with van der Waals surface area (Å²) in [7, 11) is 0. The zero-order valence-electron chi connectivity index (χ0n) is 11.0. The number of carbonyl (C=O) groups is 1. The Hall–Kier alpha value is -2.15. The number of nitro groups is 1. The maximum atomic E-state index is 11.5. The van der Waals surface area contributed by atoms with Crippen LogP contribution in [0.1, 0.15) is 26.3 Å². The molecule has 0 fully saturated rings. The third kappa shape index (κ3) is 4.55. The maximum absolute atomic E-state index is 11.5. The van der Waals surface area contributed by atoms with Crippen molar-refractivity contribution in [1.82, 2.24) is 0 Å². The maximum Gasteiger partial charge on any atom is 0.412 e. The second-order valence-corrected chi connectivity index (χ2v) is 4.89. The number of benzene rings is 1. The van der Waals surface area contributed by atoms with E-state index in [4.69, 9.17) is 9.84 Å². The fourth-order valence-corrected chi connectivity index (χ4v) is 1.37. The van der Waals surface area contributed by atoms with Crippen LogP contribution in [0.4, 0.5) is 16.2 Å². The third-order valence-corrected chi connectivity index (χ3v) is 2.10. The predicted molar refractivity (Wildman–Crippen MR) is 68.9 cm³/mol. The minimum atomic E-state index is -0.696. The highest BCUT2D eigenvalue weighted by atomic mass is 16.6. The molecule has 0 aliphatic rings. The molecule has 1 aromatic rings. The van der Waals surface area contributed by atoms with E-state index in [1.807, 2.05) is 0 Å². The van der Waals surface area contributed by atoms with Crippen molar-refractivity contribution < 1.29 is 19.6 Å². The van der Waals surface area contributed by atoms with Gasteiger partial charge in [-0.3, -0.25) is 15.4 Å². The number of hydrogen-bond acceptors (Lipinski definition) is 5. The molecule has 0 bridgehead atoms. The van der Waals surface area contributed by atoms with Crippen molar-refractivity contribution in [2.24, 2.45) is 0 Å². The monoisotopic (exact) mass is 268 g/mol. The molecular weight excluding hydrogens is 252 g/mol. The highest BCUT2D eigenvalue weighted by Crippen LogP contribution is 2.23. The van der Waals surface area contributed by atoms with E-state index in [0.29, 0.717) is 0 Å². The average molecular weight is 268 g/mol. The molecule has 0 atom stereocenters. The zero-order valence-corrected chi connectivity index (χ0v) is 11.0. The van der Waals surface area contributed by atoms with Crippen LogP contribution in [0.3, 0.4) is 0 Å². The summed E-state index contributed by atoms with van der Waals surface area (Å²) in [6.07, 6.45) is -0.696. The second-order valence-electron chi connectivity index (χ2n) is 4.89. The summed E-state index contributed by atoms with van der Waals surface area (Å²) in [5, 5.41) is 22.2. The van der Waals surface area contributed by atoms with Gasteiger partial charge in [0.05, 0.1) is 22.8 Å². The molecule has 7 nitrogen and oxygen atoms in total. The highest BCUT2D eigenvalue weighted by Gasteiger charge is 2.18. The van der Waals surface area contributed by atoms with Crippen molar-refractivity contribution in [3.8, 4) is 0 Å². The van der Waals surface area contributed by atoms with Crippen molar-refractivity contribution in [3.05, 3.63) is 33.9 Å². The summed E-state index contributed by atoms with van der Waals surface area (Å²) in [6.45, 7) is 4.70. The number of aliphatic hydroxyl groups excluding tert-OH is 1. The van der Waals surface area contributed by atoms with Crippen molar-refractivity contribution in [2.75, 3.05) is 5.32 Å². The Morgan fingerprint density at radius 3 is 2.58 bits per heavy atom. The van der Waals surface area contributed by atoms with E-state index < -0.39 is 23.2 Å². The molecule has 0 heterocycles. The molecule has 1 rings (SSSR count). The van der Waals surface area contributed by atoms with Crippen molar-refractivity contribution in [2.45, 2.75) is 33.0 Å². The van der Waals surface area contributed by atoms with E-state index >= 15 is 0 Å². The minimum Gasteiger partial charge on any atom is -0.444 e. The molecule has 2 N–H and O–H groups in total. The van der Waals surface area contributed by atoms with Crippen LogP contribution in [0.15, 0.2) is 18.2 Å². The van der Waals surface area contributed by atoms with Gasteiger partial charge in [-0.05, 0) is 32.9 Å². The molecule has 0 radical (unpaired) electrons. The van der Waals surface area contributed by atoms with Gasteiger partial charge in [0.2, 0.25) is 0 Å². The molecular formula is C12H16N2O5. The lowest BCUT2D eigenvalue weighted by atomic mass is 10.1. The average Bonchev–Trinajstić information content (AvgIpc) is 2.26. The van der Waals surface area contributed by atoms with Gasteiger partial charge < -0.3 is 9.84 Å². The SMILES string of the molecule is CC(C)(C)OC(=O)Nc1ccc(CO)c([N+](=O)[O-])c1. The first-order chi connectivity index (χ1) is 8.73. The van der Waals surface area contributed by atoms with Crippen LogP contribution in [-0.2, 0) is 11.3 Å². The van der Waals surface area contributed by atoms with Crippen molar-refractivity contribution in [1.29, 1.82) is 0 Å². The lowest BCUT2D eigenvalue weighted by Gasteiger charge is -2.19. The van der Waals surface area contributed by atoms with Gasteiger partial charge in [0.25, 0.3) is 5.69 Å². The van der Waals surface area contributed by atoms with Gasteiger partial charge in [0.15, 0.2) is 0 Å². The van der Waals surface area contributed by atoms with E-state index in [9.17, 15) is 14.9 Å². The molecule has 0 aromatic heterocycles. The summed E-state index contributed by atoms with van der Waals surface area (Å²) in [6, 6.07) is 4.02. The molecule has 0 spiro atoms. The lowest BCUT2D eigenvalue weighted by molar-refractivity contribution is -0.385. The lowest BCUT2D eigenvalue weighted by Crippen LogP contribution is -2.27. The van der Waals surface area contributed by atoms with E-state index in [1.54, 1.807) is 20.8 Å². The van der Waals surface area contributed by atoms with Crippen LogP contribution >= 0.6 is 0 Å². The molecule has 19 heavy (non-hydrogen) atoms. The van der Waals surface area contributed by atoms with Gasteiger partial charge in [-0.15, -0.1) is 0 Å². The molecule has 0 saturated carbocycles. The predicted octanol–water partition coefficient (Wildman–Crippen LogP) is 2.43. The molecule has 0 saturated heterocycles. The summed E-state index contributed by atoms with van der Waals surface area (Å²) in [5.74, 6) is 0. The minimum absolute atomic E-state index is 0.180. The van der Waals surface area contributed by atoms with Crippen molar-refractivity contribution in [3.63, 3.8) is 0 Å². The van der Waals surface area contributed by atoms with Crippen LogP contribution < -0.4 is 5.32 Å². The number of carbonyl (C=O) groups excluding carboxylic acids is 1. The Bertz CT molecular complexity index is 493. The Balaban J connectivity index is 2.88. The fraction of sp³-hybridized carbons (Fsp3) is 0.417. The van der Waals surface area contributed by atoms with Gasteiger partial charge in [-0.2, -0.15) is 0 Å². The van der Waals surface area contributed by atoms with E-state index in [1.165, 1.54) is 18.2 Å². The van der Waals surface area contributed by atoms with Gasteiger partial charge in [0, 0.05) is 6.07 Å². The number of hydrogen-bond donors (Lipinski definition) is 2. The molecule has 104 valence electrons. The van der Waals surface area contributed by atoms with E-state index in [0.717, 1.165) is 0 Å². The molecule has 0 aliphatic heterocycles. The molecule has 0 unspecified atom stereocenters. The van der Waals surface area contributed by atoms with Gasteiger partial charge in [-0.25, -0.2) is 4.79 Å². The van der Waals surface area contributed by atoms with E-state index in [2.05, 4.69) is 5.32 Å². The summed E-state index contributed by atoms with van der Waals surface area (Å²) >= 11 is 0. The van der Waals surface area contributed by atoms with Crippen LogP contribution in [0.2, 0.25) is 0 Å². The number of nitro benzene ring substituents is 1. The van der Waals surface area contributed by atoms with Crippen LogP contribution in [0, 0.1) is 10.1 Å². The number of aliphatic hydroxyl groups is 1. The van der Waals surface area contributed by atoms with Crippen LogP contribution in [0.5, 0.6) is 0 Å². The quantitative estimate of drug-likeness (QED) is 0.647. The molecule has 1 aromatic carbocycles. The van der Waals surface area contributed by atoms with Crippen molar-refractivity contribution >= 4 is 17.5 Å². The second kappa shape index (κ2) is 5.66. The topological polar surface area (TPSA) is 102 Å². The largest absolute Gasteiger partial charge is 0.444 e. The molecule has 7 heteroatoms. The number of rotatable bonds is 3. The smallest absolute Gasteiger partial charge is 0.412 e. The fourth-order valence-electron chi connectivity index (χ4n) is 1.37. The first-order valence-electron chi connectivity index (χ1n) is 5.61. The standard InChI is InChI=1S/C12H16N2O5/c1-12(2,3)19-11(16)13-9-5-4-8(7-15)10(6-9)14(17)18/h4-6,15H,7H2,1-3H3,(H,13,16). The van der Waals surface area contributed by atoms with Crippen LogP contribution in [-0.4, -0.2) is 21.7 Å². The third-order valence-electron chi connectivity index (χ3n) is 2.10. The van der Waals surface area contributed by atoms with Crippen LogP contribution in [0.25, 0.3) is 0 Å². The number of anilines is 1. The Labute approximate surface area is 110 Å². The number of nitrogens with zero attached hydrogens (tertiary/aromatic N) is 1. The Morgan fingerprint density at radius 1 is 1.47 bits per heavy atom. The first kappa shape index (κ1) is 14.9. The molecule has 0 aliphatic carbocycles. The number of amides is 1. The van der Waals surface area contributed by atoms with E-state index in [-0.39, 0.29) is 16.9 Å². The summed E-state index contributed by atoms with van der Waals surface area (Å²) in [5.41, 5.74) is -0.491. The highest BCUT2D eigenvalue weighted by molar-refractivity contribution is 5.85. The molecule has 1 amide bonds. The normalized spacial score (nSPS) is 10.9. The number of nitrogens with one attached hydrogen (secondary N) is 1. The van der Waals surface area contributed by atoms with Gasteiger partial charge >= 0.3 is 6.09 Å². The van der Waals surface area contributed by atoms with Gasteiger partial charge in [-0.1, -0.05) is 0 Å².